The van der Waals surface area contributed by atoms with E-state index >= 15 is 0 Å². The van der Waals surface area contributed by atoms with E-state index in [-0.39, 0.29) is 11.7 Å². The fourth-order valence-corrected chi connectivity index (χ4v) is 1.65. The Morgan fingerprint density at radius 2 is 2.15 bits per heavy atom. The molecule has 0 spiro atoms. The molecule has 0 aromatic heterocycles. The van der Waals surface area contributed by atoms with Crippen LogP contribution in [0.3, 0.4) is 0 Å². The monoisotopic (exact) mass is 283 g/mol. The van der Waals surface area contributed by atoms with Crippen molar-refractivity contribution in [2.24, 2.45) is 0 Å². The van der Waals surface area contributed by atoms with Gasteiger partial charge < -0.3 is 15.2 Å². The Hall–Kier alpha value is -1.62. The lowest BCUT2D eigenvalue weighted by atomic mass is 10.1. The first-order valence-corrected chi connectivity index (χ1v) is 6.87. The maximum Gasteiger partial charge on any atom is 0.260 e. The second-order valence-corrected chi connectivity index (χ2v) is 4.77. The highest BCUT2D eigenvalue weighted by Gasteiger charge is 2.16. The Morgan fingerprint density at radius 3 is 2.70 bits per heavy atom. The summed E-state index contributed by atoms with van der Waals surface area (Å²) < 4.78 is 19.1. The highest BCUT2D eigenvalue weighted by Crippen LogP contribution is 2.22. The van der Waals surface area contributed by atoms with E-state index in [0.29, 0.717) is 12.1 Å². The third-order valence-electron chi connectivity index (χ3n) is 2.94. The van der Waals surface area contributed by atoms with Crippen LogP contribution in [0.25, 0.3) is 0 Å². The quantitative estimate of drug-likeness (QED) is 0.756. The number of carbonyl (C=O) groups excluding carboxylic acids is 1. The smallest absolute Gasteiger partial charge is 0.260 e. The molecular formula is C15H22FNO3. The van der Waals surface area contributed by atoms with Gasteiger partial charge in [0.15, 0.2) is 17.7 Å². The lowest BCUT2D eigenvalue weighted by Crippen LogP contribution is -2.36. The third-order valence-corrected chi connectivity index (χ3v) is 2.94. The summed E-state index contributed by atoms with van der Waals surface area (Å²) in [6, 6.07) is 4.21. The standard InChI is InChI=1S/C15H22FNO3/c1-4-5-8-17-15(19)11(3)20-14-7-6-12(10(2)18)9-13(14)16/h6-7,9-11,18H,4-5,8H2,1-3H3,(H,17,19)/t10-,11?/m1/s1. The van der Waals surface area contributed by atoms with Crippen molar-refractivity contribution in [3.8, 4) is 5.75 Å². The molecule has 2 N–H and O–H groups in total. The lowest BCUT2D eigenvalue weighted by Gasteiger charge is -2.16. The first-order chi connectivity index (χ1) is 9.45. The number of ether oxygens (including phenoxy) is 1. The maximum absolute atomic E-state index is 13.8. The van der Waals surface area contributed by atoms with Crippen molar-refractivity contribution in [1.82, 2.24) is 5.32 Å². The van der Waals surface area contributed by atoms with Crippen LogP contribution in [0.15, 0.2) is 18.2 Å². The Balaban J connectivity index is 2.61. The van der Waals surface area contributed by atoms with E-state index in [4.69, 9.17) is 4.74 Å². The van der Waals surface area contributed by atoms with Gasteiger partial charge in [-0.2, -0.15) is 0 Å². The van der Waals surface area contributed by atoms with E-state index in [9.17, 15) is 14.3 Å². The molecule has 0 saturated carbocycles. The molecule has 1 unspecified atom stereocenters. The normalized spacial score (nSPS) is 13.7. The molecule has 0 heterocycles. The zero-order chi connectivity index (χ0) is 15.1. The summed E-state index contributed by atoms with van der Waals surface area (Å²) in [4.78, 5) is 11.7. The van der Waals surface area contributed by atoms with Gasteiger partial charge in [0.2, 0.25) is 0 Å². The number of carbonyl (C=O) groups is 1. The van der Waals surface area contributed by atoms with E-state index in [1.54, 1.807) is 19.9 Å². The van der Waals surface area contributed by atoms with Gasteiger partial charge in [-0.3, -0.25) is 4.79 Å². The van der Waals surface area contributed by atoms with Crippen LogP contribution < -0.4 is 10.1 Å². The molecule has 0 aliphatic rings. The number of aliphatic hydroxyl groups excluding tert-OH is 1. The minimum Gasteiger partial charge on any atom is -0.478 e. The topological polar surface area (TPSA) is 58.6 Å². The SMILES string of the molecule is CCCCNC(=O)C(C)Oc1ccc([C@@H](C)O)cc1F. The molecular weight excluding hydrogens is 261 g/mol. The molecule has 1 aromatic carbocycles. The number of benzene rings is 1. The second-order valence-electron chi connectivity index (χ2n) is 4.77. The van der Waals surface area contributed by atoms with E-state index in [0.717, 1.165) is 12.8 Å². The van der Waals surface area contributed by atoms with Crippen LogP contribution in [0, 0.1) is 5.82 Å². The minimum atomic E-state index is -0.765. The average molecular weight is 283 g/mol. The highest BCUT2D eigenvalue weighted by atomic mass is 19.1. The van der Waals surface area contributed by atoms with E-state index < -0.39 is 18.0 Å². The predicted molar refractivity (Wildman–Crippen MR) is 75.0 cm³/mol. The minimum absolute atomic E-state index is 0.00698. The molecule has 0 saturated heterocycles. The molecule has 1 rings (SSSR count). The number of aliphatic hydroxyl groups is 1. The maximum atomic E-state index is 13.8. The van der Waals surface area contributed by atoms with E-state index in [1.165, 1.54) is 12.1 Å². The number of hydrogen-bond acceptors (Lipinski definition) is 3. The first-order valence-electron chi connectivity index (χ1n) is 6.87. The molecule has 0 radical (unpaired) electrons. The zero-order valence-corrected chi connectivity index (χ0v) is 12.1. The van der Waals surface area contributed by atoms with Crippen molar-refractivity contribution >= 4 is 5.91 Å². The van der Waals surface area contributed by atoms with Gasteiger partial charge >= 0.3 is 0 Å². The number of unbranched alkanes of at least 4 members (excludes halogenated alkanes) is 1. The molecule has 4 nitrogen and oxygen atoms in total. The van der Waals surface area contributed by atoms with Crippen LogP contribution in [-0.4, -0.2) is 23.7 Å². The van der Waals surface area contributed by atoms with Crippen LogP contribution in [0.2, 0.25) is 0 Å². The third kappa shape index (κ3) is 4.81. The second kappa shape index (κ2) is 7.85. The van der Waals surface area contributed by atoms with E-state index in [1.807, 2.05) is 6.92 Å². The van der Waals surface area contributed by atoms with Crippen molar-refractivity contribution in [3.05, 3.63) is 29.6 Å². The molecule has 1 aromatic rings. The molecule has 20 heavy (non-hydrogen) atoms. The summed E-state index contributed by atoms with van der Waals surface area (Å²) in [5, 5.41) is 12.1. The molecule has 0 bridgehead atoms. The summed E-state index contributed by atoms with van der Waals surface area (Å²) in [5.74, 6) is -0.846. The van der Waals surface area contributed by atoms with Crippen molar-refractivity contribution in [2.45, 2.75) is 45.8 Å². The van der Waals surface area contributed by atoms with Crippen molar-refractivity contribution in [2.75, 3.05) is 6.54 Å². The Bertz CT molecular complexity index is 449. The van der Waals surface area contributed by atoms with Gasteiger partial charge in [-0.05, 0) is 38.0 Å². The molecule has 0 aliphatic carbocycles. The first kappa shape index (κ1) is 16.4. The summed E-state index contributed by atoms with van der Waals surface area (Å²) in [5.41, 5.74) is 0.468. The van der Waals surface area contributed by atoms with Crippen LogP contribution in [-0.2, 0) is 4.79 Å². The van der Waals surface area contributed by atoms with Gasteiger partial charge in [0.05, 0.1) is 6.10 Å². The van der Waals surface area contributed by atoms with Gasteiger partial charge in [-0.1, -0.05) is 19.4 Å². The van der Waals surface area contributed by atoms with Crippen LogP contribution in [0.5, 0.6) is 5.75 Å². The van der Waals surface area contributed by atoms with Crippen LogP contribution >= 0.6 is 0 Å². The van der Waals surface area contributed by atoms with Crippen molar-refractivity contribution in [1.29, 1.82) is 0 Å². The molecule has 5 heteroatoms. The van der Waals surface area contributed by atoms with Gasteiger partial charge in [0.25, 0.3) is 5.91 Å². The summed E-state index contributed by atoms with van der Waals surface area (Å²) >= 11 is 0. The number of amides is 1. The predicted octanol–water partition coefficient (Wildman–Crippen LogP) is 2.56. The Labute approximate surface area is 119 Å². The number of hydrogen-bond donors (Lipinski definition) is 2. The van der Waals surface area contributed by atoms with E-state index in [2.05, 4.69) is 5.32 Å². The Kier molecular flexibility index (Phi) is 6.45. The molecule has 0 aliphatic heterocycles. The number of halogens is 1. The fourth-order valence-electron chi connectivity index (χ4n) is 1.65. The summed E-state index contributed by atoms with van der Waals surface area (Å²) in [7, 11) is 0. The molecule has 2 atom stereocenters. The van der Waals surface area contributed by atoms with Crippen LogP contribution in [0.4, 0.5) is 4.39 Å². The molecule has 0 fully saturated rings. The summed E-state index contributed by atoms with van der Waals surface area (Å²) in [6.07, 6.45) is 0.382. The van der Waals surface area contributed by atoms with Crippen molar-refractivity contribution in [3.63, 3.8) is 0 Å². The highest BCUT2D eigenvalue weighted by molar-refractivity contribution is 5.80. The van der Waals surface area contributed by atoms with Gasteiger partial charge in [0, 0.05) is 6.54 Å². The average Bonchev–Trinajstić information content (AvgIpc) is 2.40. The number of nitrogens with one attached hydrogen (secondary N) is 1. The largest absolute Gasteiger partial charge is 0.478 e. The van der Waals surface area contributed by atoms with Gasteiger partial charge in [-0.25, -0.2) is 4.39 Å². The summed E-state index contributed by atoms with van der Waals surface area (Å²) in [6.45, 7) is 5.75. The zero-order valence-electron chi connectivity index (χ0n) is 12.1. The molecule has 1 amide bonds. The molecule has 112 valence electrons. The van der Waals surface area contributed by atoms with Crippen LogP contribution in [0.1, 0.15) is 45.3 Å². The Morgan fingerprint density at radius 1 is 1.45 bits per heavy atom. The van der Waals surface area contributed by atoms with Gasteiger partial charge in [0.1, 0.15) is 0 Å². The van der Waals surface area contributed by atoms with Gasteiger partial charge in [-0.15, -0.1) is 0 Å². The van der Waals surface area contributed by atoms with Crippen molar-refractivity contribution < 1.29 is 19.0 Å². The lowest BCUT2D eigenvalue weighted by molar-refractivity contribution is -0.127. The fraction of sp³-hybridized carbons (Fsp3) is 0.533. The number of rotatable bonds is 7.